The van der Waals surface area contributed by atoms with E-state index in [2.05, 4.69) is 29.4 Å². The van der Waals surface area contributed by atoms with Crippen molar-refractivity contribution < 1.29 is 9.53 Å². The van der Waals surface area contributed by atoms with Crippen molar-refractivity contribution in [2.24, 2.45) is 0 Å². The molecule has 1 saturated heterocycles. The Morgan fingerprint density at radius 1 is 1.27 bits per heavy atom. The maximum atomic E-state index is 12.8. The van der Waals surface area contributed by atoms with Crippen molar-refractivity contribution in [1.29, 1.82) is 0 Å². The van der Waals surface area contributed by atoms with Gasteiger partial charge in [-0.3, -0.25) is 4.98 Å². The third-order valence-electron chi connectivity index (χ3n) is 5.22. The lowest BCUT2D eigenvalue weighted by molar-refractivity contribution is 0.192. The van der Waals surface area contributed by atoms with Crippen LogP contribution in [0.15, 0.2) is 30.5 Å². The van der Waals surface area contributed by atoms with Gasteiger partial charge in [-0.05, 0) is 44.7 Å². The Balaban J connectivity index is 1.71. The normalized spacial score (nSPS) is 16.6. The van der Waals surface area contributed by atoms with E-state index in [1.807, 2.05) is 30.9 Å². The number of ether oxygens (including phenoxy) is 1. The second-order valence-corrected chi connectivity index (χ2v) is 6.91. The van der Waals surface area contributed by atoms with Gasteiger partial charge in [0, 0.05) is 23.9 Å². The summed E-state index contributed by atoms with van der Waals surface area (Å²) in [4.78, 5) is 19.2. The van der Waals surface area contributed by atoms with E-state index in [9.17, 15) is 4.79 Å². The van der Waals surface area contributed by atoms with Crippen LogP contribution in [0.3, 0.4) is 0 Å². The monoisotopic (exact) mass is 353 g/mol. The van der Waals surface area contributed by atoms with Gasteiger partial charge in [-0.25, -0.2) is 4.79 Å². The molecule has 1 fully saturated rings. The molecule has 26 heavy (non-hydrogen) atoms. The van der Waals surface area contributed by atoms with E-state index in [1.54, 1.807) is 13.3 Å². The molecule has 1 aromatic carbocycles. The second kappa shape index (κ2) is 7.77. The van der Waals surface area contributed by atoms with Gasteiger partial charge in [-0.1, -0.05) is 24.3 Å². The summed E-state index contributed by atoms with van der Waals surface area (Å²) in [6, 6.07) is 8.44. The van der Waals surface area contributed by atoms with Gasteiger partial charge in [0.05, 0.1) is 25.4 Å². The Morgan fingerprint density at radius 3 is 2.77 bits per heavy atom. The molecule has 5 heteroatoms. The first-order valence-electron chi connectivity index (χ1n) is 9.12. The van der Waals surface area contributed by atoms with E-state index in [0.717, 1.165) is 42.0 Å². The fraction of sp³-hybridized carbons (Fsp3) is 0.429. The number of aromatic nitrogens is 1. The van der Waals surface area contributed by atoms with E-state index < -0.39 is 0 Å². The van der Waals surface area contributed by atoms with Crippen LogP contribution in [0.2, 0.25) is 0 Å². The summed E-state index contributed by atoms with van der Waals surface area (Å²) in [5, 5.41) is 3.04. The summed E-state index contributed by atoms with van der Waals surface area (Å²) in [6.45, 7) is 7.24. The summed E-state index contributed by atoms with van der Waals surface area (Å²) in [6.07, 6.45) is 3.83. The van der Waals surface area contributed by atoms with Crippen molar-refractivity contribution in [2.75, 3.05) is 13.7 Å². The molecule has 2 amide bonds. The highest BCUT2D eigenvalue weighted by atomic mass is 16.5. The van der Waals surface area contributed by atoms with Crippen molar-refractivity contribution in [1.82, 2.24) is 15.2 Å². The van der Waals surface area contributed by atoms with Crippen LogP contribution < -0.4 is 10.1 Å². The van der Waals surface area contributed by atoms with E-state index in [-0.39, 0.29) is 12.1 Å². The number of carbonyl (C=O) groups excluding carboxylic acids is 1. The molecule has 0 radical (unpaired) electrons. The van der Waals surface area contributed by atoms with Crippen molar-refractivity contribution in [3.63, 3.8) is 0 Å². The SMILES string of the molecule is COc1c(C)cnc(CNC(=O)N2CCC[C@H]2c2ccccc2C)c1C. The fourth-order valence-electron chi connectivity index (χ4n) is 3.80. The third-order valence-corrected chi connectivity index (χ3v) is 5.22. The number of nitrogens with zero attached hydrogens (tertiary/aromatic N) is 2. The molecule has 0 bridgehead atoms. The van der Waals surface area contributed by atoms with Gasteiger partial charge in [0.2, 0.25) is 0 Å². The lowest BCUT2D eigenvalue weighted by Crippen LogP contribution is -2.39. The van der Waals surface area contributed by atoms with E-state index in [0.29, 0.717) is 6.54 Å². The first kappa shape index (κ1) is 18.2. The summed E-state index contributed by atoms with van der Waals surface area (Å²) in [7, 11) is 1.66. The number of amides is 2. The highest BCUT2D eigenvalue weighted by Crippen LogP contribution is 2.33. The lowest BCUT2D eigenvalue weighted by Gasteiger charge is -2.26. The van der Waals surface area contributed by atoms with Crippen molar-refractivity contribution in [3.8, 4) is 5.75 Å². The predicted molar refractivity (Wildman–Crippen MR) is 102 cm³/mol. The topological polar surface area (TPSA) is 54.5 Å². The number of aryl methyl sites for hydroxylation is 2. The predicted octanol–water partition coefficient (Wildman–Crippen LogP) is 4.06. The number of pyridine rings is 1. The molecule has 5 nitrogen and oxygen atoms in total. The summed E-state index contributed by atoms with van der Waals surface area (Å²) in [5.41, 5.74) is 5.29. The van der Waals surface area contributed by atoms with E-state index in [4.69, 9.17) is 4.74 Å². The Labute approximate surface area is 155 Å². The Bertz CT molecular complexity index is 804. The number of methoxy groups -OCH3 is 1. The molecule has 1 aromatic heterocycles. The molecule has 1 atom stereocenters. The highest BCUT2D eigenvalue weighted by molar-refractivity contribution is 5.75. The highest BCUT2D eigenvalue weighted by Gasteiger charge is 2.30. The molecule has 2 aromatic rings. The quantitative estimate of drug-likeness (QED) is 0.902. The third kappa shape index (κ3) is 3.52. The largest absolute Gasteiger partial charge is 0.496 e. The van der Waals surface area contributed by atoms with Crippen LogP contribution in [0.25, 0.3) is 0 Å². The Morgan fingerprint density at radius 2 is 2.04 bits per heavy atom. The number of hydrogen-bond donors (Lipinski definition) is 1. The number of urea groups is 1. The number of benzene rings is 1. The van der Waals surface area contributed by atoms with Crippen molar-refractivity contribution >= 4 is 6.03 Å². The van der Waals surface area contributed by atoms with E-state index in [1.165, 1.54) is 11.1 Å². The van der Waals surface area contributed by atoms with Crippen LogP contribution in [0.5, 0.6) is 5.75 Å². The lowest BCUT2D eigenvalue weighted by atomic mass is 9.99. The molecule has 0 unspecified atom stereocenters. The van der Waals surface area contributed by atoms with Crippen molar-refractivity contribution in [3.05, 3.63) is 58.4 Å². The van der Waals surface area contributed by atoms with Gasteiger partial charge < -0.3 is 15.0 Å². The maximum Gasteiger partial charge on any atom is 0.318 e. The zero-order valence-electron chi connectivity index (χ0n) is 16.0. The van der Waals surface area contributed by atoms with Crippen LogP contribution in [0, 0.1) is 20.8 Å². The number of likely N-dealkylation sites (tertiary alicyclic amines) is 1. The Hall–Kier alpha value is -2.56. The van der Waals surface area contributed by atoms with E-state index >= 15 is 0 Å². The Kier molecular flexibility index (Phi) is 5.45. The van der Waals surface area contributed by atoms with Gasteiger partial charge in [0.15, 0.2) is 0 Å². The van der Waals surface area contributed by atoms with Crippen LogP contribution in [0.4, 0.5) is 4.79 Å². The molecule has 0 saturated carbocycles. The number of rotatable bonds is 4. The molecule has 0 spiro atoms. The molecule has 1 aliphatic rings. The molecular formula is C21H27N3O2. The van der Waals surface area contributed by atoms with Crippen LogP contribution in [-0.2, 0) is 6.54 Å². The second-order valence-electron chi connectivity index (χ2n) is 6.91. The van der Waals surface area contributed by atoms with Gasteiger partial charge >= 0.3 is 6.03 Å². The number of carbonyl (C=O) groups is 1. The molecule has 0 aliphatic carbocycles. The smallest absolute Gasteiger partial charge is 0.318 e. The van der Waals surface area contributed by atoms with Crippen LogP contribution in [0.1, 0.15) is 46.8 Å². The van der Waals surface area contributed by atoms with Gasteiger partial charge in [0.1, 0.15) is 5.75 Å². The first-order chi connectivity index (χ1) is 12.5. The molecule has 3 rings (SSSR count). The maximum absolute atomic E-state index is 12.8. The fourth-order valence-corrected chi connectivity index (χ4v) is 3.80. The molecule has 138 valence electrons. The number of nitrogens with one attached hydrogen (secondary N) is 1. The molecule has 2 heterocycles. The average Bonchev–Trinajstić information content (AvgIpc) is 3.11. The van der Waals surface area contributed by atoms with Gasteiger partial charge in [-0.15, -0.1) is 0 Å². The summed E-state index contributed by atoms with van der Waals surface area (Å²) in [5.74, 6) is 0.836. The van der Waals surface area contributed by atoms with Gasteiger partial charge in [-0.2, -0.15) is 0 Å². The zero-order chi connectivity index (χ0) is 18.7. The summed E-state index contributed by atoms with van der Waals surface area (Å²) < 4.78 is 5.45. The number of hydrogen-bond acceptors (Lipinski definition) is 3. The van der Waals surface area contributed by atoms with Gasteiger partial charge in [0.25, 0.3) is 0 Å². The van der Waals surface area contributed by atoms with Crippen molar-refractivity contribution in [2.45, 2.75) is 46.2 Å². The molecule has 1 N–H and O–H groups in total. The standard InChI is InChI=1S/C21H27N3O2/c1-14-8-5-6-9-17(14)19-10-7-11-24(19)21(25)23-13-18-16(3)20(26-4)15(2)12-22-18/h5-6,8-9,12,19H,7,10-11,13H2,1-4H3,(H,23,25)/t19-/m0/s1. The zero-order valence-corrected chi connectivity index (χ0v) is 16.0. The first-order valence-corrected chi connectivity index (χ1v) is 9.12. The minimum Gasteiger partial charge on any atom is -0.496 e. The minimum absolute atomic E-state index is 0.0310. The van der Waals surface area contributed by atoms with Crippen LogP contribution in [-0.4, -0.2) is 29.6 Å². The molecule has 1 aliphatic heterocycles. The summed E-state index contributed by atoms with van der Waals surface area (Å²) >= 11 is 0. The average molecular weight is 353 g/mol. The minimum atomic E-state index is -0.0310. The molecular weight excluding hydrogens is 326 g/mol. The van der Waals surface area contributed by atoms with Crippen LogP contribution >= 0.6 is 0 Å².